The minimum atomic E-state index is 0.808. The molecule has 0 amide bonds. The first kappa shape index (κ1) is 9.79. The fraction of sp³-hybridized carbons (Fsp3) is 0.308. The molecule has 0 radical (unpaired) electrons. The summed E-state index contributed by atoms with van der Waals surface area (Å²) in [6.45, 7) is 4.14. The van der Waals surface area contributed by atoms with Gasteiger partial charge in [-0.15, -0.1) is 0 Å². The molecule has 0 atom stereocenters. The van der Waals surface area contributed by atoms with E-state index in [1.165, 1.54) is 11.1 Å². The lowest BCUT2D eigenvalue weighted by Crippen LogP contribution is -1.93. The molecule has 1 heterocycles. The molecule has 0 bridgehead atoms. The van der Waals surface area contributed by atoms with Gasteiger partial charge in [0.2, 0.25) is 0 Å². The molecular weight excluding hydrogens is 184 g/mol. The molecule has 2 heteroatoms. The minimum absolute atomic E-state index is 0.808. The molecule has 0 unspecified atom stereocenters. The molecule has 2 aromatic rings. The normalized spacial score (nSPS) is 10.5. The smallest absolute Gasteiger partial charge is 0.102 e. The number of fused-ring (bicyclic) bond motifs is 1. The Bertz CT molecular complexity index is 556. The van der Waals surface area contributed by atoms with Gasteiger partial charge < -0.3 is 4.57 Å². The Morgan fingerprint density at radius 1 is 1.40 bits per heavy atom. The van der Waals surface area contributed by atoms with Crippen LogP contribution in [-0.4, -0.2) is 4.57 Å². The van der Waals surface area contributed by atoms with E-state index in [1.807, 2.05) is 26.1 Å². The lowest BCUT2D eigenvalue weighted by atomic mass is 10.1. The van der Waals surface area contributed by atoms with Crippen LogP contribution in [0.15, 0.2) is 18.2 Å². The van der Waals surface area contributed by atoms with Gasteiger partial charge in [0.15, 0.2) is 0 Å². The minimum Gasteiger partial charge on any atom is -0.346 e. The predicted octanol–water partition coefficient (Wildman–Crippen LogP) is 2.92. The van der Waals surface area contributed by atoms with Crippen molar-refractivity contribution in [3.63, 3.8) is 0 Å². The number of benzene rings is 1. The van der Waals surface area contributed by atoms with E-state index in [2.05, 4.69) is 23.6 Å². The summed E-state index contributed by atoms with van der Waals surface area (Å²) in [7, 11) is 2.03. The van der Waals surface area contributed by atoms with Gasteiger partial charge in [-0.1, -0.05) is 25.1 Å². The largest absolute Gasteiger partial charge is 0.346 e. The maximum absolute atomic E-state index is 9.13. The average molecular weight is 198 g/mol. The summed E-state index contributed by atoms with van der Waals surface area (Å²) < 4.78 is 2.12. The van der Waals surface area contributed by atoms with Crippen LogP contribution < -0.4 is 0 Å². The lowest BCUT2D eigenvalue weighted by Gasteiger charge is -2.03. The fourth-order valence-corrected chi connectivity index (χ4v) is 2.15. The summed E-state index contributed by atoms with van der Waals surface area (Å²) in [6, 6.07) is 8.47. The van der Waals surface area contributed by atoms with Gasteiger partial charge in [0.1, 0.15) is 6.07 Å². The highest BCUT2D eigenvalue weighted by molar-refractivity contribution is 5.90. The van der Waals surface area contributed by atoms with Crippen LogP contribution in [0.1, 0.15) is 23.7 Å². The van der Waals surface area contributed by atoms with Gasteiger partial charge in [0, 0.05) is 18.1 Å². The van der Waals surface area contributed by atoms with Crippen molar-refractivity contribution in [2.24, 2.45) is 7.05 Å². The summed E-state index contributed by atoms with van der Waals surface area (Å²) in [5.74, 6) is 0. The van der Waals surface area contributed by atoms with Gasteiger partial charge in [-0.25, -0.2) is 0 Å². The van der Waals surface area contributed by atoms with E-state index in [9.17, 15) is 0 Å². The van der Waals surface area contributed by atoms with E-state index < -0.39 is 0 Å². The number of nitrogens with zero attached hydrogens (tertiary/aromatic N) is 2. The van der Waals surface area contributed by atoms with E-state index in [0.717, 1.165) is 23.1 Å². The number of aromatic nitrogens is 1. The molecule has 15 heavy (non-hydrogen) atoms. The van der Waals surface area contributed by atoms with Crippen molar-refractivity contribution in [3.05, 3.63) is 35.0 Å². The Kier molecular flexibility index (Phi) is 2.24. The van der Waals surface area contributed by atoms with Crippen LogP contribution in [0.5, 0.6) is 0 Å². The predicted molar refractivity (Wildman–Crippen MR) is 61.7 cm³/mol. The van der Waals surface area contributed by atoms with Crippen molar-refractivity contribution in [2.75, 3.05) is 0 Å². The molecule has 0 saturated carbocycles. The molecule has 76 valence electrons. The van der Waals surface area contributed by atoms with Crippen molar-refractivity contribution in [1.29, 1.82) is 5.26 Å². The highest BCUT2D eigenvalue weighted by atomic mass is 14.9. The monoisotopic (exact) mass is 198 g/mol. The van der Waals surface area contributed by atoms with Crippen molar-refractivity contribution in [2.45, 2.75) is 20.3 Å². The van der Waals surface area contributed by atoms with Crippen molar-refractivity contribution < 1.29 is 0 Å². The second kappa shape index (κ2) is 3.43. The van der Waals surface area contributed by atoms with E-state index in [0.29, 0.717) is 0 Å². The average Bonchev–Trinajstić information content (AvgIpc) is 2.51. The summed E-state index contributed by atoms with van der Waals surface area (Å²) in [5.41, 5.74) is 4.37. The highest BCUT2D eigenvalue weighted by Crippen LogP contribution is 2.27. The Balaban J connectivity index is 2.98. The molecule has 0 fully saturated rings. The zero-order chi connectivity index (χ0) is 11.0. The Morgan fingerprint density at radius 2 is 2.13 bits per heavy atom. The van der Waals surface area contributed by atoms with E-state index in [4.69, 9.17) is 5.26 Å². The molecule has 2 rings (SSSR count). The fourth-order valence-electron chi connectivity index (χ4n) is 2.15. The zero-order valence-corrected chi connectivity index (χ0v) is 9.33. The molecule has 2 nitrogen and oxygen atoms in total. The summed E-state index contributed by atoms with van der Waals surface area (Å²) in [4.78, 5) is 0. The van der Waals surface area contributed by atoms with Crippen LogP contribution in [0.2, 0.25) is 0 Å². The summed E-state index contributed by atoms with van der Waals surface area (Å²) in [6.07, 6.45) is 1.000. The third kappa shape index (κ3) is 1.24. The van der Waals surface area contributed by atoms with E-state index in [1.54, 1.807) is 0 Å². The summed E-state index contributed by atoms with van der Waals surface area (Å²) in [5, 5.41) is 10.2. The van der Waals surface area contributed by atoms with Gasteiger partial charge in [-0.2, -0.15) is 5.26 Å². The molecular formula is C13H14N2. The number of hydrogen-bond donors (Lipinski definition) is 0. The van der Waals surface area contributed by atoms with Gasteiger partial charge in [-0.3, -0.25) is 0 Å². The highest BCUT2D eigenvalue weighted by Gasteiger charge is 2.12. The van der Waals surface area contributed by atoms with Crippen molar-refractivity contribution >= 4 is 10.9 Å². The third-order valence-electron chi connectivity index (χ3n) is 3.08. The molecule has 0 N–H and O–H groups in total. The number of para-hydroxylation sites is 1. The van der Waals surface area contributed by atoms with Crippen LogP contribution in [0.4, 0.5) is 0 Å². The van der Waals surface area contributed by atoms with Crippen LogP contribution >= 0.6 is 0 Å². The van der Waals surface area contributed by atoms with Gasteiger partial charge >= 0.3 is 0 Å². The molecule has 0 saturated heterocycles. The second-order valence-corrected chi connectivity index (χ2v) is 3.80. The molecule has 0 aliphatic heterocycles. The van der Waals surface area contributed by atoms with Crippen LogP contribution in [-0.2, 0) is 13.5 Å². The second-order valence-electron chi connectivity index (χ2n) is 3.80. The zero-order valence-electron chi connectivity index (χ0n) is 9.33. The number of aryl methyl sites for hydroxylation is 2. The molecule has 0 spiro atoms. The molecule has 0 aliphatic carbocycles. The van der Waals surface area contributed by atoms with Crippen molar-refractivity contribution in [3.8, 4) is 6.07 Å². The van der Waals surface area contributed by atoms with E-state index >= 15 is 0 Å². The topological polar surface area (TPSA) is 28.7 Å². The first-order valence-electron chi connectivity index (χ1n) is 5.17. The standard InChI is InChI=1S/C13H14N2/c1-4-10-6-5-7-11-12(8-14)9(2)15(3)13(10)11/h5-7H,4H2,1-3H3. The van der Waals surface area contributed by atoms with Gasteiger partial charge in [0.05, 0.1) is 11.1 Å². The SMILES string of the molecule is CCc1cccc2c(C#N)c(C)n(C)c12. The third-order valence-corrected chi connectivity index (χ3v) is 3.08. The Hall–Kier alpha value is -1.75. The molecule has 0 aliphatic rings. The number of hydrogen-bond acceptors (Lipinski definition) is 1. The maximum atomic E-state index is 9.13. The quantitative estimate of drug-likeness (QED) is 0.692. The Labute approximate surface area is 89.7 Å². The van der Waals surface area contributed by atoms with Crippen LogP contribution in [0, 0.1) is 18.3 Å². The Morgan fingerprint density at radius 3 is 2.73 bits per heavy atom. The van der Waals surface area contributed by atoms with E-state index in [-0.39, 0.29) is 0 Å². The maximum Gasteiger partial charge on any atom is 0.102 e. The number of rotatable bonds is 1. The first-order chi connectivity index (χ1) is 7.20. The van der Waals surface area contributed by atoms with Gasteiger partial charge in [0.25, 0.3) is 0 Å². The number of nitriles is 1. The molecule has 1 aromatic carbocycles. The summed E-state index contributed by atoms with van der Waals surface area (Å²) >= 11 is 0. The first-order valence-corrected chi connectivity index (χ1v) is 5.17. The van der Waals surface area contributed by atoms with Gasteiger partial charge in [-0.05, 0) is 18.9 Å². The molecule has 1 aromatic heterocycles. The van der Waals surface area contributed by atoms with Crippen LogP contribution in [0.3, 0.4) is 0 Å². The van der Waals surface area contributed by atoms with Crippen molar-refractivity contribution in [1.82, 2.24) is 4.57 Å². The lowest BCUT2D eigenvalue weighted by molar-refractivity contribution is 0.906. The van der Waals surface area contributed by atoms with Crippen LogP contribution in [0.25, 0.3) is 10.9 Å².